The van der Waals surface area contributed by atoms with Crippen molar-refractivity contribution in [2.75, 3.05) is 13.1 Å². The zero-order valence-electron chi connectivity index (χ0n) is 11.2. The molecular weight excluding hydrogens is 232 g/mol. The highest BCUT2D eigenvalue weighted by Crippen LogP contribution is 2.13. The Kier molecular flexibility index (Phi) is 6.12. The second-order valence-electron chi connectivity index (χ2n) is 5.10. The molecule has 1 rings (SSSR count). The number of carbonyl (C=O) groups excluding carboxylic acids is 2. The Labute approximate surface area is 108 Å². The fourth-order valence-electron chi connectivity index (χ4n) is 2.28. The molecule has 0 aromatic heterocycles. The van der Waals surface area contributed by atoms with Gasteiger partial charge in [0.25, 0.3) is 0 Å². The SMILES string of the molecule is CCCC(C)CCNC(=O)C1C(=O)NCCC1O. The van der Waals surface area contributed by atoms with E-state index in [4.69, 9.17) is 0 Å². The van der Waals surface area contributed by atoms with Crippen molar-refractivity contribution in [3.05, 3.63) is 0 Å². The Morgan fingerprint density at radius 2 is 2.28 bits per heavy atom. The number of piperidine rings is 1. The maximum atomic E-state index is 11.8. The molecule has 2 amide bonds. The summed E-state index contributed by atoms with van der Waals surface area (Å²) in [5.74, 6) is -1.10. The lowest BCUT2D eigenvalue weighted by Crippen LogP contribution is -2.52. The maximum Gasteiger partial charge on any atom is 0.235 e. The summed E-state index contributed by atoms with van der Waals surface area (Å²) in [6.07, 6.45) is 2.77. The summed E-state index contributed by atoms with van der Waals surface area (Å²) in [6.45, 7) is 5.30. The number of carbonyl (C=O) groups is 2. The summed E-state index contributed by atoms with van der Waals surface area (Å²) in [6, 6.07) is 0. The van der Waals surface area contributed by atoms with E-state index >= 15 is 0 Å². The molecule has 0 radical (unpaired) electrons. The van der Waals surface area contributed by atoms with Crippen molar-refractivity contribution in [3.63, 3.8) is 0 Å². The Hall–Kier alpha value is -1.10. The Morgan fingerprint density at radius 1 is 1.56 bits per heavy atom. The quantitative estimate of drug-likeness (QED) is 0.603. The van der Waals surface area contributed by atoms with E-state index in [1.54, 1.807) is 0 Å². The summed E-state index contributed by atoms with van der Waals surface area (Å²) in [4.78, 5) is 23.3. The van der Waals surface area contributed by atoms with Gasteiger partial charge >= 0.3 is 0 Å². The van der Waals surface area contributed by atoms with Crippen LogP contribution in [-0.4, -0.2) is 36.1 Å². The smallest absolute Gasteiger partial charge is 0.235 e. The first-order valence-electron chi connectivity index (χ1n) is 6.79. The third kappa shape index (κ3) is 4.29. The molecule has 1 saturated heterocycles. The van der Waals surface area contributed by atoms with Gasteiger partial charge in [0.15, 0.2) is 0 Å². The third-order valence-electron chi connectivity index (χ3n) is 3.41. The number of nitrogens with one attached hydrogen (secondary N) is 2. The van der Waals surface area contributed by atoms with Gasteiger partial charge < -0.3 is 15.7 Å². The topological polar surface area (TPSA) is 78.4 Å². The lowest BCUT2D eigenvalue weighted by atomic mass is 9.94. The molecule has 3 N–H and O–H groups in total. The van der Waals surface area contributed by atoms with Gasteiger partial charge in [-0.25, -0.2) is 0 Å². The monoisotopic (exact) mass is 256 g/mol. The summed E-state index contributed by atoms with van der Waals surface area (Å²) in [5, 5.41) is 15.0. The summed E-state index contributed by atoms with van der Waals surface area (Å²) in [7, 11) is 0. The highest BCUT2D eigenvalue weighted by atomic mass is 16.3. The van der Waals surface area contributed by atoms with Gasteiger partial charge in [0.1, 0.15) is 5.92 Å². The van der Waals surface area contributed by atoms with Crippen molar-refractivity contribution in [3.8, 4) is 0 Å². The van der Waals surface area contributed by atoms with Crippen LogP contribution in [0, 0.1) is 11.8 Å². The highest BCUT2D eigenvalue weighted by molar-refractivity contribution is 6.01. The lowest BCUT2D eigenvalue weighted by molar-refractivity contribution is -0.142. The first-order chi connectivity index (χ1) is 8.56. The Bertz CT molecular complexity index is 294. The fourth-order valence-corrected chi connectivity index (χ4v) is 2.28. The number of hydrogen-bond acceptors (Lipinski definition) is 3. The predicted molar refractivity (Wildman–Crippen MR) is 68.8 cm³/mol. The molecular formula is C13H24N2O3. The highest BCUT2D eigenvalue weighted by Gasteiger charge is 2.36. The van der Waals surface area contributed by atoms with Crippen LogP contribution < -0.4 is 10.6 Å². The molecule has 0 aromatic carbocycles. The van der Waals surface area contributed by atoms with E-state index in [9.17, 15) is 14.7 Å². The van der Waals surface area contributed by atoms with Crippen molar-refractivity contribution in [2.45, 2.75) is 45.6 Å². The normalized spacial score (nSPS) is 25.4. The van der Waals surface area contributed by atoms with Gasteiger partial charge in [0, 0.05) is 13.1 Å². The number of amides is 2. The molecule has 0 aromatic rings. The summed E-state index contributed by atoms with van der Waals surface area (Å²) < 4.78 is 0. The fraction of sp³-hybridized carbons (Fsp3) is 0.846. The van der Waals surface area contributed by atoms with Crippen molar-refractivity contribution >= 4 is 11.8 Å². The van der Waals surface area contributed by atoms with E-state index in [0.717, 1.165) is 19.3 Å². The van der Waals surface area contributed by atoms with Gasteiger partial charge in [-0.15, -0.1) is 0 Å². The van der Waals surface area contributed by atoms with Crippen LogP contribution in [0.1, 0.15) is 39.5 Å². The van der Waals surface area contributed by atoms with Gasteiger partial charge in [-0.1, -0.05) is 26.7 Å². The molecule has 5 nitrogen and oxygen atoms in total. The maximum absolute atomic E-state index is 11.8. The van der Waals surface area contributed by atoms with Gasteiger partial charge in [0.2, 0.25) is 11.8 Å². The molecule has 1 heterocycles. The number of hydrogen-bond donors (Lipinski definition) is 3. The Morgan fingerprint density at radius 3 is 2.89 bits per heavy atom. The molecule has 0 saturated carbocycles. The van der Waals surface area contributed by atoms with Crippen LogP contribution in [0.15, 0.2) is 0 Å². The molecule has 1 fully saturated rings. The minimum Gasteiger partial charge on any atom is -0.392 e. The van der Waals surface area contributed by atoms with Crippen LogP contribution in [-0.2, 0) is 9.59 Å². The van der Waals surface area contributed by atoms with Crippen LogP contribution in [0.3, 0.4) is 0 Å². The van der Waals surface area contributed by atoms with Gasteiger partial charge in [-0.05, 0) is 18.8 Å². The lowest BCUT2D eigenvalue weighted by Gasteiger charge is -2.26. The van der Waals surface area contributed by atoms with E-state index in [2.05, 4.69) is 24.5 Å². The molecule has 0 bridgehead atoms. The average Bonchev–Trinajstić information content (AvgIpc) is 2.29. The van der Waals surface area contributed by atoms with Crippen LogP contribution >= 0.6 is 0 Å². The standard InChI is InChI=1S/C13H24N2O3/c1-3-4-9(2)5-7-14-12(17)11-10(16)6-8-15-13(11)18/h9-11,16H,3-8H2,1-2H3,(H,14,17)(H,15,18). The molecule has 5 heteroatoms. The molecule has 0 spiro atoms. The van der Waals surface area contributed by atoms with Crippen molar-refractivity contribution in [1.29, 1.82) is 0 Å². The molecule has 18 heavy (non-hydrogen) atoms. The van der Waals surface area contributed by atoms with Crippen LogP contribution in [0.4, 0.5) is 0 Å². The van der Waals surface area contributed by atoms with Crippen molar-refractivity contribution < 1.29 is 14.7 Å². The third-order valence-corrected chi connectivity index (χ3v) is 3.41. The zero-order chi connectivity index (χ0) is 13.5. The van der Waals surface area contributed by atoms with E-state index < -0.39 is 12.0 Å². The molecule has 1 aliphatic rings. The molecule has 3 unspecified atom stereocenters. The van der Waals surface area contributed by atoms with E-state index in [-0.39, 0.29) is 11.8 Å². The molecule has 0 aliphatic carbocycles. The second kappa shape index (κ2) is 7.36. The second-order valence-corrected chi connectivity index (χ2v) is 5.10. The van der Waals surface area contributed by atoms with Gasteiger partial charge in [-0.3, -0.25) is 9.59 Å². The van der Waals surface area contributed by atoms with Gasteiger partial charge in [-0.2, -0.15) is 0 Å². The van der Waals surface area contributed by atoms with Gasteiger partial charge in [0.05, 0.1) is 6.10 Å². The van der Waals surface area contributed by atoms with E-state index in [1.165, 1.54) is 0 Å². The minimum absolute atomic E-state index is 0.358. The minimum atomic E-state index is -0.944. The molecule has 3 atom stereocenters. The van der Waals surface area contributed by atoms with Crippen LogP contribution in [0.25, 0.3) is 0 Å². The number of aliphatic hydroxyl groups is 1. The summed E-state index contributed by atoms with van der Waals surface area (Å²) >= 11 is 0. The Balaban J connectivity index is 2.33. The largest absolute Gasteiger partial charge is 0.392 e. The number of rotatable bonds is 6. The van der Waals surface area contributed by atoms with Crippen molar-refractivity contribution in [1.82, 2.24) is 10.6 Å². The molecule has 104 valence electrons. The summed E-state index contributed by atoms with van der Waals surface area (Å²) in [5.41, 5.74) is 0. The molecule has 1 aliphatic heterocycles. The van der Waals surface area contributed by atoms with E-state index in [1.807, 2.05) is 0 Å². The first-order valence-corrected chi connectivity index (χ1v) is 6.79. The zero-order valence-corrected chi connectivity index (χ0v) is 11.2. The van der Waals surface area contributed by atoms with Crippen LogP contribution in [0.5, 0.6) is 0 Å². The predicted octanol–water partition coefficient (Wildman–Crippen LogP) is 0.426. The van der Waals surface area contributed by atoms with E-state index in [0.29, 0.717) is 25.4 Å². The first kappa shape index (κ1) is 15.0. The number of aliphatic hydroxyl groups excluding tert-OH is 1. The van der Waals surface area contributed by atoms with Crippen molar-refractivity contribution in [2.24, 2.45) is 11.8 Å². The average molecular weight is 256 g/mol. The van der Waals surface area contributed by atoms with Crippen LogP contribution in [0.2, 0.25) is 0 Å².